The summed E-state index contributed by atoms with van der Waals surface area (Å²) in [4.78, 5) is 21.9. The van der Waals surface area contributed by atoms with E-state index in [1.165, 1.54) is 13.2 Å². The van der Waals surface area contributed by atoms with Crippen LogP contribution >= 0.6 is 0 Å². The van der Waals surface area contributed by atoms with Gasteiger partial charge >= 0.3 is 5.97 Å². The van der Waals surface area contributed by atoms with Crippen molar-refractivity contribution in [2.45, 2.75) is 19.1 Å². The average molecular weight is 214 g/mol. The van der Waals surface area contributed by atoms with Crippen LogP contribution in [0.1, 0.15) is 12.8 Å². The second kappa shape index (κ2) is 6.31. The Bertz CT molecular complexity index is 253. The van der Waals surface area contributed by atoms with Gasteiger partial charge in [-0.15, -0.1) is 0 Å². The molecule has 1 aliphatic rings. The molecule has 0 amide bonds. The molecule has 0 spiro atoms. The smallest absolute Gasteiger partial charge is 0.330 e. The van der Waals surface area contributed by atoms with Crippen LogP contribution in [-0.2, 0) is 23.8 Å². The third-order valence-corrected chi connectivity index (χ3v) is 1.92. The molecule has 1 fully saturated rings. The lowest BCUT2D eigenvalue weighted by atomic mass is 10.2. The molecule has 0 N–H and O–H groups in total. The summed E-state index contributed by atoms with van der Waals surface area (Å²) in [5.74, 6) is -0.670. The van der Waals surface area contributed by atoms with Gasteiger partial charge in [0.05, 0.1) is 20.3 Å². The average Bonchev–Trinajstić information content (AvgIpc) is 2.75. The molecule has 1 heterocycles. The minimum atomic E-state index is -0.531. The summed E-state index contributed by atoms with van der Waals surface area (Å²) in [6.45, 7) is 1.16. The number of rotatable bonds is 5. The number of allylic oxidation sites excluding steroid dienone is 1. The highest BCUT2D eigenvalue weighted by atomic mass is 16.7. The lowest BCUT2D eigenvalue weighted by Gasteiger charge is -2.05. The van der Waals surface area contributed by atoms with Crippen molar-refractivity contribution in [2.24, 2.45) is 0 Å². The molecule has 84 valence electrons. The highest BCUT2D eigenvalue weighted by Gasteiger charge is 2.16. The van der Waals surface area contributed by atoms with Crippen molar-refractivity contribution in [1.29, 1.82) is 0 Å². The zero-order chi connectivity index (χ0) is 11.1. The predicted octanol–water partition coefficient (Wildman–Crippen LogP) is 0.438. The van der Waals surface area contributed by atoms with Crippen LogP contribution in [0.3, 0.4) is 0 Å². The second-order valence-electron chi connectivity index (χ2n) is 3.03. The van der Waals surface area contributed by atoms with Gasteiger partial charge in [0.25, 0.3) is 0 Å². The molecular formula is C10H14O5. The molecule has 0 atom stereocenters. The Morgan fingerprint density at radius 1 is 1.33 bits per heavy atom. The van der Waals surface area contributed by atoms with Crippen LogP contribution in [0.25, 0.3) is 0 Å². The molecule has 1 aliphatic heterocycles. The molecule has 15 heavy (non-hydrogen) atoms. The van der Waals surface area contributed by atoms with E-state index < -0.39 is 5.97 Å². The number of ether oxygens (including phenoxy) is 3. The summed E-state index contributed by atoms with van der Waals surface area (Å²) in [6.07, 6.45) is 2.86. The lowest BCUT2D eigenvalue weighted by molar-refractivity contribution is -0.135. The van der Waals surface area contributed by atoms with E-state index in [0.717, 1.165) is 6.08 Å². The number of carbonyl (C=O) groups excluding carboxylic acids is 2. The molecule has 1 rings (SSSR count). The van der Waals surface area contributed by atoms with Crippen LogP contribution in [-0.4, -0.2) is 38.4 Å². The minimum absolute atomic E-state index is 0.139. The van der Waals surface area contributed by atoms with Crippen molar-refractivity contribution in [3.63, 3.8) is 0 Å². The van der Waals surface area contributed by atoms with Gasteiger partial charge in [-0.3, -0.25) is 4.79 Å². The Morgan fingerprint density at radius 2 is 2.00 bits per heavy atom. The Kier molecular flexibility index (Phi) is 5.00. The van der Waals surface area contributed by atoms with Gasteiger partial charge in [0.2, 0.25) is 0 Å². The maximum Gasteiger partial charge on any atom is 0.330 e. The molecule has 0 radical (unpaired) electrons. The first-order chi connectivity index (χ1) is 7.22. The zero-order valence-corrected chi connectivity index (χ0v) is 8.60. The maximum absolute atomic E-state index is 11.2. The second-order valence-corrected chi connectivity index (χ2v) is 3.03. The fourth-order valence-corrected chi connectivity index (χ4v) is 1.15. The first-order valence-corrected chi connectivity index (χ1v) is 4.74. The summed E-state index contributed by atoms with van der Waals surface area (Å²) in [7, 11) is 1.26. The van der Waals surface area contributed by atoms with Gasteiger partial charge in [-0.1, -0.05) is 0 Å². The summed E-state index contributed by atoms with van der Waals surface area (Å²) in [5, 5.41) is 0. The Morgan fingerprint density at radius 3 is 2.60 bits per heavy atom. The first-order valence-electron chi connectivity index (χ1n) is 4.74. The van der Waals surface area contributed by atoms with E-state index in [4.69, 9.17) is 9.47 Å². The number of carbonyl (C=O) groups is 2. The number of methoxy groups -OCH3 is 1. The summed E-state index contributed by atoms with van der Waals surface area (Å²) in [5.41, 5.74) is 0. The Labute approximate surface area is 88.0 Å². The summed E-state index contributed by atoms with van der Waals surface area (Å²) >= 11 is 0. The van der Waals surface area contributed by atoms with Crippen molar-refractivity contribution in [3.8, 4) is 0 Å². The van der Waals surface area contributed by atoms with Gasteiger partial charge < -0.3 is 14.2 Å². The number of esters is 1. The SMILES string of the molecule is COC(=O)/C=C/C(=O)CCC1OCCO1. The Hall–Kier alpha value is -1.20. The number of ketones is 1. The van der Waals surface area contributed by atoms with Crippen molar-refractivity contribution in [2.75, 3.05) is 20.3 Å². The zero-order valence-electron chi connectivity index (χ0n) is 8.60. The van der Waals surface area contributed by atoms with Crippen LogP contribution in [0.2, 0.25) is 0 Å². The van der Waals surface area contributed by atoms with Gasteiger partial charge in [-0.2, -0.15) is 0 Å². The van der Waals surface area contributed by atoms with Crippen molar-refractivity contribution < 1.29 is 23.8 Å². The molecule has 5 heteroatoms. The molecule has 1 saturated heterocycles. The topological polar surface area (TPSA) is 61.8 Å². The van der Waals surface area contributed by atoms with E-state index in [2.05, 4.69) is 4.74 Å². The van der Waals surface area contributed by atoms with Crippen molar-refractivity contribution in [1.82, 2.24) is 0 Å². The van der Waals surface area contributed by atoms with Gasteiger partial charge in [0.1, 0.15) is 0 Å². The Balaban J connectivity index is 2.17. The van der Waals surface area contributed by atoms with E-state index in [-0.39, 0.29) is 12.1 Å². The summed E-state index contributed by atoms with van der Waals surface area (Å²) < 4.78 is 14.7. The minimum Gasteiger partial charge on any atom is -0.466 e. The van der Waals surface area contributed by atoms with Crippen LogP contribution in [0.5, 0.6) is 0 Å². The van der Waals surface area contributed by atoms with Crippen molar-refractivity contribution in [3.05, 3.63) is 12.2 Å². The van der Waals surface area contributed by atoms with Gasteiger partial charge in [0.15, 0.2) is 12.1 Å². The first kappa shape index (κ1) is 11.9. The molecule has 0 aromatic carbocycles. The highest BCUT2D eigenvalue weighted by molar-refractivity contribution is 5.95. The molecule has 5 nitrogen and oxygen atoms in total. The summed E-state index contributed by atoms with van der Waals surface area (Å²) in [6, 6.07) is 0. The monoisotopic (exact) mass is 214 g/mol. The van der Waals surface area contributed by atoms with E-state index in [1.54, 1.807) is 0 Å². The molecule has 0 bridgehead atoms. The molecule has 0 aromatic rings. The highest BCUT2D eigenvalue weighted by Crippen LogP contribution is 2.10. The lowest BCUT2D eigenvalue weighted by Crippen LogP contribution is -2.09. The molecular weight excluding hydrogens is 200 g/mol. The quantitative estimate of drug-likeness (QED) is 0.491. The fraction of sp³-hybridized carbons (Fsp3) is 0.600. The molecule has 0 aromatic heterocycles. The van der Waals surface area contributed by atoms with Gasteiger partial charge in [0, 0.05) is 18.9 Å². The van der Waals surface area contributed by atoms with Gasteiger partial charge in [-0.05, 0) is 6.08 Å². The maximum atomic E-state index is 11.2. The van der Waals surface area contributed by atoms with Crippen LogP contribution < -0.4 is 0 Å². The molecule has 0 aliphatic carbocycles. The van der Waals surface area contributed by atoms with Crippen LogP contribution in [0, 0.1) is 0 Å². The molecule has 0 saturated carbocycles. The van der Waals surface area contributed by atoms with Crippen molar-refractivity contribution >= 4 is 11.8 Å². The third kappa shape index (κ3) is 4.71. The normalized spacial score (nSPS) is 17.1. The van der Waals surface area contributed by atoms with E-state index >= 15 is 0 Å². The number of hydrogen-bond donors (Lipinski definition) is 0. The van der Waals surface area contributed by atoms with E-state index in [9.17, 15) is 9.59 Å². The van der Waals surface area contributed by atoms with Crippen LogP contribution in [0.4, 0.5) is 0 Å². The molecule has 0 unspecified atom stereocenters. The van der Waals surface area contributed by atoms with E-state index in [0.29, 0.717) is 26.1 Å². The van der Waals surface area contributed by atoms with Gasteiger partial charge in [-0.25, -0.2) is 4.79 Å². The standard InChI is InChI=1S/C10H14O5/c1-13-9(12)4-2-8(11)3-5-10-14-6-7-15-10/h2,4,10H,3,5-7H2,1H3/b4-2+. The fourth-order valence-electron chi connectivity index (χ4n) is 1.15. The third-order valence-electron chi connectivity index (χ3n) is 1.92. The van der Waals surface area contributed by atoms with E-state index in [1.807, 2.05) is 0 Å². The van der Waals surface area contributed by atoms with Crippen LogP contribution in [0.15, 0.2) is 12.2 Å². The predicted molar refractivity (Wildman–Crippen MR) is 51.1 cm³/mol. The largest absolute Gasteiger partial charge is 0.466 e. The number of hydrogen-bond acceptors (Lipinski definition) is 5.